The maximum absolute atomic E-state index is 12.0. The third-order valence-corrected chi connectivity index (χ3v) is 3.17. The molecule has 0 saturated heterocycles. The smallest absolute Gasteiger partial charge is 0.162 e. The zero-order valence-corrected chi connectivity index (χ0v) is 11.8. The molecule has 0 bridgehead atoms. The van der Waals surface area contributed by atoms with Crippen LogP contribution in [0.1, 0.15) is 35.7 Å². The molecule has 104 valence electrons. The molecule has 0 atom stereocenters. The van der Waals surface area contributed by atoms with Gasteiger partial charge >= 0.3 is 0 Å². The van der Waals surface area contributed by atoms with E-state index in [-0.39, 0.29) is 5.78 Å². The first-order chi connectivity index (χ1) is 9.79. The first-order valence-corrected chi connectivity index (χ1v) is 7.09. The lowest BCUT2D eigenvalue weighted by atomic mass is 10.0. The predicted molar refractivity (Wildman–Crippen MR) is 81.3 cm³/mol. The summed E-state index contributed by atoms with van der Waals surface area (Å²) in [4.78, 5) is 12.0. The Morgan fingerprint density at radius 1 is 1.05 bits per heavy atom. The lowest BCUT2D eigenvalue weighted by Gasteiger charge is -2.06. The van der Waals surface area contributed by atoms with Gasteiger partial charge < -0.3 is 4.74 Å². The van der Waals surface area contributed by atoms with Crippen LogP contribution in [-0.2, 0) is 6.42 Å². The summed E-state index contributed by atoms with van der Waals surface area (Å²) in [5.41, 5.74) is 2.02. The van der Waals surface area contributed by atoms with Crippen LogP contribution in [0.15, 0.2) is 54.6 Å². The highest BCUT2D eigenvalue weighted by Crippen LogP contribution is 2.16. The number of ketones is 1. The van der Waals surface area contributed by atoms with E-state index in [1.807, 2.05) is 49.4 Å². The third-order valence-electron chi connectivity index (χ3n) is 3.17. The van der Waals surface area contributed by atoms with E-state index in [1.165, 1.54) is 5.56 Å². The summed E-state index contributed by atoms with van der Waals surface area (Å²) in [6.45, 7) is 2.65. The van der Waals surface area contributed by atoms with E-state index in [4.69, 9.17) is 4.74 Å². The summed E-state index contributed by atoms with van der Waals surface area (Å²) in [6.07, 6.45) is 2.35. The van der Waals surface area contributed by atoms with Crippen molar-refractivity contribution in [3.8, 4) is 5.75 Å². The van der Waals surface area contributed by atoms with Crippen LogP contribution in [0.2, 0.25) is 0 Å². The Balaban J connectivity index is 1.84. The van der Waals surface area contributed by atoms with Crippen molar-refractivity contribution in [2.75, 3.05) is 6.61 Å². The van der Waals surface area contributed by atoms with Gasteiger partial charge in [0.25, 0.3) is 0 Å². The molecule has 0 fully saturated rings. The average Bonchev–Trinajstić information content (AvgIpc) is 2.49. The minimum atomic E-state index is 0.214. The van der Waals surface area contributed by atoms with Gasteiger partial charge in [0, 0.05) is 12.0 Å². The minimum Gasteiger partial charge on any atom is -0.494 e. The van der Waals surface area contributed by atoms with Gasteiger partial charge in [-0.25, -0.2) is 0 Å². The molecule has 0 amide bonds. The molecule has 2 nitrogen and oxygen atoms in total. The molecule has 0 heterocycles. The zero-order valence-electron chi connectivity index (χ0n) is 11.8. The van der Waals surface area contributed by atoms with E-state index < -0.39 is 0 Å². The van der Waals surface area contributed by atoms with Gasteiger partial charge in [0.1, 0.15) is 5.75 Å². The Morgan fingerprint density at radius 2 is 1.85 bits per heavy atom. The maximum atomic E-state index is 12.0. The van der Waals surface area contributed by atoms with Gasteiger partial charge in [-0.2, -0.15) is 0 Å². The number of carbonyl (C=O) groups is 1. The Bertz CT molecular complexity index is 546. The summed E-state index contributed by atoms with van der Waals surface area (Å²) in [5.74, 6) is 1.12. The molecule has 2 heteroatoms. The average molecular weight is 268 g/mol. The standard InChI is InChI=1S/C18H20O2/c1-2-20-17-12-6-8-15(14-17)9-7-13-18(19)16-10-4-3-5-11-16/h3-6,8,10-12,14H,2,7,9,13H2,1H3. The van der Waals surface area contributed by atoms with Gasteiger partial charge in [0.05, 0.1) is 6.61 Å². The van der Waals surface area contributed by atoms with Gasteiger partial charge in [0.15, 0.2) is 5.78 Å². The Morgan fingerprint density at radius 3 is 2.60 bits per heavy atom. The zero-order chi connectivity index (χ0) is 14.2. The second-order valence-corrected chi connectivity index (χ2v) is 4.72. The van der Waals surface area contributed by atoms with Crippen LogP contribution in [0.5, 0.6) is 5.75 Å². The molecule has 2 aromatic carbocycles. The van der Waals surface area contributed by atoms with Crippen molar-refractivity contribution in [3.05, 3.63) is 65.7 Å². The van der Waals surface area contributed by atoms with E-state index in [2.05, 4.69) is 12.1 Å². The molecule has 2 rings (SSSR count). The number of rotatable bonds is 7. The van der Waals surface area contributed by atoms with Crippen molar-refractivity contribution in [1.82, 2.24) is 0 Å². The fraction of sp³-hybridized carbons (Fsp3) is 0.278. The number of aryl methyl sites for hydroxylation is 1. The number of hydrogen-bond donors (Lipinski definition) is 0. The summed E-state index contributed by atoms with van der Waals surface area (Å²) < 4.78 is 5.48. The summed E-state index contributed by atoms with van der Waals surface area (Å²) in [6, 6.07) is 17.6. The topological polar surface area (TPSA) is 26.3 Å². The van der Waals surface area contributed by atoms with Crippen LogP contribution < -0.4 is 4.74 Å². The van der Waals surface area contributed by atoms with Crippen molar-refractivity contribution < 1.29 is 9.53 Å². The highest BCUT2D eigenvalue weighted by atomic mass is 16.5. The van der Waals surface area contributed by atoms with Crippen LogP contribution in [-0.4, -0.2) is 12.4 Å². The molecule has 0 aliphatic carbocycles. The van der Waals surface area contributed by atoms with Crippen LogP contribution in [0, 0.1) is 0 Å². The predicted octanol–water partition coefficient (Wildman–Crippen LogP) is 4.29. The molecular formula is C18H20O2. The number of hydrogen-bond acceptors (Lipinski definition) is 2. The Hall–Kier alpha value is -2.09. The van der Waals surface area contributed by atoms with Crippen LogP contribution in [0.4, 0.5) is 0 Å². The van der Waals surface area contributed by atoms with Crippen LogP contribution >= 0.6 is 0 Å². The van der Waals surface area contributed by atoms with Gasteiger partial charge in [-0.05, 0) is 37.5 Å². The third kappa shape index (κ3) is 4.23. The molecule has 20 heavy (non-hydrogen) atoms. The number of Topliss-reactive ketones (excluding diaryl/α,β-unsaturated/α-hetero) is 1. The number of carbonyl (C=O) groups excluding carboxylic acids is 1. The van der Waals surface area contributed by atoms with Gasteiger partial charge in [-0.15, -0.1) is 0 Å². The quantitative estimate of drug-likeness (QED) is 0.700. The fourth-order valence-electron chi connectivity index (χ4n) is 2.18. The van der Waals surface area contributed by atoms with Crippen molar-refractivity contribution in [1.29, 1.82) is 0 Å². The Labute approximate surface area is 120 Å². The molecule has 0 spiro atoms. The lowest BCUT2D eigenvalue weighted by Crippen LogP contribution is -1.99. The maximum Gasteiger partial charge on any atom is 0.162 e. The molecule has 0 unspecified atom stereocenters. The molecule has 0 aliphatic rings. The molecule has 0 saturated carbocycles. The van der Waals surface area contributed by atoms with Crippen molar-refractivity contribution in [2.45, 2.75) is 26.2 Å². The summed E-state index contributed by atoms with van der Waals surface area (Å²) >= 11 is 0. The van der Waals surface area contributed by atoms with Crippen molar-refractivity contribution in [3.63, 3.8) is 0 Å². The second kappa shape index (κ2) is 7.49. The van der Waals surface area contributed by atoms with E-state index in [1.54, 1.807) is 0 Å². The van der Waals surface area contributed by atoms with Crippen molar-refractivity contribution in [2.24, 2.45) is 0 Å². The number of ether oxygens (including phenoxy) is 1. The largest absolute Gasteiger partial charge is 0.494 e. The van der Waals surface area contributed by atoms with Gasteiger partial charge in [0.2, 0.25) is 0 Å². The SMILES string of the molecule is CCOc1cccc(CCCC(=O)c2ccccc2)c1. The van der Waals surface area contributed by atoms with E-state index in [0.717, 1.165) is 24.2 Å². The second-order valence-electron chi connectivity index (χ2n) is 4.72. The van der Waals surface area contributed by atoms with Gasteiger partial charge in [-0.1, -0.05) is 42.5 Å². The summed E-state index contributed by atoms with van der Waals surface area (Å²) in [7, 11) is 0. The van der Waals surface area contributed by atoms with E-state index in [0.29, 0.717) is 13.0 Å². The van der Waals surface area contributed by atoms with Gasteiger partial charge in [-0.3, -0.25) is 4.79 Å². The Kier molecular flexibility index (Phi) is 5.36. The molecule has 0 radical (unpaired) electrons. The van der Waals surface area contributed by atoms with Crippen molar-refractivity contribution >= 4 is 5.78 Å². The number of benzene rings is 2. The van der Waals surface area contributed by atoms with E-state index in [9.17, 15) is 4.79 Å². The molecule has 0 aromatic heterocycles. The van der Waals surface area contributed by atoms with Crippen LogP contribution in [0.25, 0.3) is 0 Å². The van der Waals surface area contributed by atoms with E-state index >= 15 is 0 Å². The van der Waals surface area contributed by atoms with Crippen LogP contribution in [0.3, 0.4) is 0 Å². The monoisotopic (exact) mass is 268 g/mol. The highest BCUT2D eigenvalue weighted by molar-refractivity contribution is 5.95. The lowest BCUT2D eigenvalue weighted by molar-refractivity contribution is 0.0980. The first-order valence-electron chi connectivity index (χ1n) is 7.09. The minimum absolute atomic E-state index is 0.214. The molecular weight excluding hydrogens is 248 g/mol. The molecule has 2 aromatic rings. The fourth-order valence-corrected chi connectivity index (χ4v) is 2.18. The first kappa shape index (κ1) is 14.3. The molecule has 0 N–H and O–H groups in total. The highest BCUT2D eigenvalue weighted by Gasteiger charge is 2.05. The normalized spacial score (nSPS) is 10.2. The molecule has 0 aliphatic heterocycles. The summed E-state index contributed by atoms with van der Waals surface area (Å²) in [5, 5.41) is 0.